The number of carbonyl (C=O) groups excluding carboxylic acids is 2. The molecule has 0 spiro atoms. The van der Waals surface area contributed by atoms with Crippen molar-refractivity contribution in [3.63, 3.8) is 0 Å². The number of carbonyl (C=O) groups is 2. The van der Waals surface area contributed by atoms with Gasteiger partial charge in [0.05, 0.1) is 16.8 Å². The number of hydrogen-bond acceptors (Lipinski definition) is 4. The molecule has 0 aliphatic rings. The third-order valence-corrected chi connectivity index (χ3v) is 4.67. The highest BCUT2D eigenvalue weighted by molar-refractivity contribution is 7.99. The zero-order valence-electron chi connectivity index (χ0n) is 14.2. The van der Waals surface area contributed by atoms with E-state index >= 15 is 0 Å². The van der Waals surface area contributed by atoms with Crippen LogP contribution in [0, 0.1) is 0 Å². The molecule has 3 rings (SSSR count). The molecule has 0 radical (unpaired) electrons. The maximum atomic E-state index is 12.2. The molecule has 0 atom stereocenters. The molecule has 0 aliphatic heterocycles. The van der Waals surface area contributed by atoms with Crippen LogP contribution in [-0.2, 0) is 4.79 Å². The van der Waals surface area contributed by atoms with Crippen LogP contribution in [-0.4, -0.2) is 46.5 Å². The number of benzene rings is 2. The predicted molar refractivity (Wildman–Crippen MR) is 105 cm³/mol. The van der Waals surface area contributed by atoms with Crippen LogP contribution in [0.5, 0.6) is 0 Å². The fourth-order valence-corrected chi connectivity index (χ4v) is 3.20. The van der Waals surface area contributed by atoms with Gasteiger partial charge in [-0.15, -0.1) is 0 Å². The predicted octanol–water partition coefficient (Wildman–Crippen LogP) is 3.65. The van der Waals surface area contributed by atoms with Crippen LogP contribution in [0.3, 0.4) is 0 Å². The minimum Gasteiger partial charge on any atom is -0.345 e. The average molecular weight is 389 g/mol. The van der Waals surface area contributed by atoms with Gasteiger partial charge in [-0.05, 0) is 36.4 Å². The van der Waals surface area contributed by atoms with Crippen molar-refractivity contribution in [1.29, 1.82) is 0 Å². The van der Waals surface area contributed by atoms with E-state index in [9.17, 15) is 9.59 Å². The van der Waals surface area contributed by atoms with Gasteiger partial charge in [0.2, 0.25) is 5.91 Å². The van der Waals surface area contributed by atoms with Crippen molar-refractivity contribution in [2.75, 3.05) is 25.2 Å². The number of aromatic nitrogens is 2. The highest BCUT2D eigenvalue weighted by atomic mass is 35.5. The maximum Gasteiger partial charge on any atom is 0.253 e. The number of rotatable bonds is 5. The molecule has 3 aromatic rings. The zero-order chi connectivity index (χ0) is 18.7. The summed E-state index contributed by atoms with van der Waals surface area (Å²) in [5, 5.41) is 4.07. The first-order valence-electron chi connectivity index (χ1n) is 7.82. The molecular formula is C18H17ClN4O2S. The first-order chi connectivity index (χ1) is 12.4. The Bertz CT molecular complexity index is 971. The summed E-state index contributed by atoms with van der Waals surface area (Å²) in [5.41, 5.74) is 2.73. The second kappa shape index (κ2) is 7.80. The number of amides is 2. The number of thioether (sulfide) groups is 1. The van der Waals surface area contributed by atoms with E-state index in [0.29, 0.717) is 21.4 Å². The van der Waals surface area contributed by atoms with E-state index in [4.69, 9.17) is 11.6 Å². The first kappa shape index (κ1) is 18.3. The third-order valence-electron chi connectivity index (χ3n) is 3.56. The molecule has 2 N–H and O–H groups in total. The number of anilines is 1. The van der Waals surface area contributed by atoms with Crippen LogP contribution >= 0.6 is 23.4 Å². The summed E-state index contributed by atoms with van der Waals surface area (Å²) in [6.45, 7) is 0. The average Bonchev–Trinajstić information content (AvgIpc) is 3.01. The normalized spacial score (nSPS) is 10.7. The smallest absolute Gasteiger partial charge is 0.253 e. The Labute approximate surface area is 159 Å². The van der Waals surface area contributed by atoms with Crippen molar-refractivity contribution in [3.8, 4) is 0 Å². The van der Waals surface area contributed by atoms with Gasteiger partial charge in [0.25, 0.3) is 5.91 Å². The number of fused-ring (bicyclic) bond motifs is 1. The van der Waals surface area contributed by atoms with Gasteiger partial charge < -0.3 is 15.2 Å². The molecule has 0 saturated heterocycles. The molecule has 8 heteroatoms. The van der Waals surface area contributed by atoms with Crippen molar-refractivity contribution in [1.82, 2.24) is 14.9 Å². The fraction of sp³-hybridized carbons (Fsp3) is 0.167. The van der Waals surface area contributed by atoms with E-state index in [2.05, 4.69) is 15.3 Å². The molecule has 0 unspecified atom stereocenters. The van der Waals surface area contributed by atoms with Gasteiger partial charge in [0, 0.05) is 30.4 Å². The lowest BCUT2D eigenvalue weighted by atomic mass is 10.2. The molecule has 1 aromatic heterocycles. The van der Waals surface area contributed by atoms with Crippen LogP contribution in [0.25, 0.3) is 11.0 Å². The van der Waals surface area contributed by atoms with E-state index in [0.717, 1.165) is 11.0 Å². The summed E-state index contributed by atoms with van der Waals surface area (Å²) in [5.74, 6) is -0.0984. The second-order valence-electron chi connectivity index (χ2n) is 5.82. The van der Waals surface area contributed by atoms with E-state index in [1.165, 1.54) is 16.7 Å². The van der Waals surface area contributed by atoms with Crippen molar-refractivity contribution < 1.29 is 9.59 Å². The number of imidazole rings is 1. The van der Waals surface area contributed by atoms with E-state index in [1.807, 2.05) is 6.07 Å². The van der Waals surface area contributed by atoms with E-state index in [-0.39, 0.29) is 17.6 Å². The van der Waals surface area contributed by atoms with Gasteiger partial charge in [0.15, 0.2) is 5.16 Å². The van der Waals surface area contributed by atoms with E-state index in [1.54, 1.807) is 50.5 Å². The molecule has 0 fully saturated rings. The Morgan fingerprint density at radius 3 is 2.81 bits per heavy atom. The molecule has 0 aliphatic carbocycles. The van der Waals surface area contributed by atoms with Crippen LogP contribution in [0.2, 0.25) is 5.02 Å². The van der Waals surface area contributed by atoms with Crippen molar-refractivity contribution in [3.05, 3.63) is 53.1 Å². The number of nitrogens with zero attached hydrogens (tertiary/aromatic N) is 2. The maximum absolute atomic E-state index is 12.2. The Morgan fingerprint density at radius 2 is 2.04 bits per heavy atom. The summed E-state index contributed by atoms with van der Waals surface area (Å²) in [4.78, 5) is 33.2. The third kappa shape index (κ3) is 4.36. The molecule has 134 valence electrons. The molecule has 1 heterocycles. The lowest BCUT2D eigenvalue weighted by molar-refractivity contribution is -0.113. The lowest BCUT2D eigenvalue weighted by Gasteiger charge is -2.11. The van der Waals surface area contributed by atoms with Crippen molar-refractivity contribution >= 4 is 51.9 Å². The van der Waals surface area contributed by atoms with Gasteiger partial charge in [-0.1, -0.05) is 29.4 Å². The molecule has 6 nitrogen and oxygen atoms in total. The fourth-order valence-electron chi connectivity index (χ4n) is 2.35. The van der Waals surface area contributed by atoms with Gasteiger partial charge in [-0.3, -0.25) is 9.59 Å². The SMILES string of the molecule is CN(C)C(=O)c1cccc(NC(=O)CSc2nc3ccc(Cl)cc3[nH]2)c1. The summed E-state index contributed by atoms with van der Waals surface area (Å²) < 4.78 is 0. The number of hydrogen-bond donors (Lipinski definition) is 2. The number of H-pyrrole nitrogens is 1. The molecule has 0 bridgehead atoms. The summed E-state index contributed by atoms with van der Waals surface area (Å²) in [6, 6.07) is 12.3. The van der Waals surface area contributed by atoms with E-state index < -0.39 is 0 Å². The summed E-state index contributed by atoms with van der Waals surface area (Å²) in [7, 11) is 3.37. The van der Waals surface area contributed by atoms with Crippen LogP contribution in [0.4, 0.5) is 5.69 Å². The molecule has 26 heavy (non-hydrogen) atoms. The Hall–Kier alpha value is -2.51. The summed E-state index contributed by atoms with van der Waals surface area (Å²) >= 11 is 7.25. The standard InChI is InChI=1S/C18H17ClN4O2S/c1-23(2)17(25)11-4-3-5-13(8-11)20-16(24)10-26-18-21-14-7-6-12(19)9-15(14)22-18/h3-9H,10H2,1-2H3,(H,20,24)(H,21,22). The quantitative estimate of drug-likeness (QED) is 0.654. The second-order valence-corrected chi connectivity index (χ2v) is 7.22. The Kier molecular flexibility index (Phi) is 5.49. The molecular weight excluding hydrogens is 372 g/mol. The molecule has 2 aromatic carbocycles. The minimum absolute atomic E-state index is 0.114. The lowest BCUT2D eigenvalue weighted by Crippen LogP contribution is -2.22. The number of aromatic amines is 1. The van der Waals surface area contributed by atoms with Gasteiger partial charge in [-0.2, -0.15) is 0 Å². The number of halogens is 1. The Morgan fingerprint density at radius 1 is 1.23 bits per heavy atom. The van der Waals surface area contributed by atoms with Crippen molar-refractivity contribution in [2.45, 2.75) is 5.16 Å². The largest absolute Gasteiger partial charge is 0.345 e. The van der Waals surface area contributed by atoms with Gasteiger partial charge in [0.1, 0.15) is 0 Å². The van der Waals surface area contributed by atoms with Crippen LogP contribution in [0.1, 0.15) is 10.4 Å². The van der Waals surface area contributed by atoms with Gasteiger partial charge >= 0.3 is 0 Å². The molecule has 0 saturated carbocycles. The highest BCUT2D eigenvalue weighted by Gasteiger charge is 2.11. The zero-order valence-corrected chi connectivity index (χ0v) is 15.8. The van der Waals surface area contributed by atoms with Gasteiger partial charge in [-0.25, -0.2) is 4.98 Å². The van der Waals surface area contributed by atoms with Crippen LogP contribution in [0.15, 0.2) is 47.6 Å². The van der Waals surface area contributed by atoms with Crippen LogP contribution < -0.4 is 5.32 Å². The van der Waals surface area contributed by atoms with Crippen molar-refractivity contribution in [2.24, 2.45) is 0 Å². The molecule has 2 amide bonds. The monoisotopic (exact) mass is 388 g/mol. The first-order valence-corrected chi connectivity index (χ1v) is 9.18. The number of nitrogens with one attached hydrogen (secondary N) is 2. The topological polar surface area (TPSA) is 78.1 Å². The summed E-state index contributed by atoms with van der Waals surface area (Å²) in [6.07, 6.45) is 0. The highest BCUT2D eigenvalue weighted by Crippen LogP contribution is 2.22. The Balaban J connectivity index is 1.61. The minimum atomic E-state index is -0.178.